The molecule has 0 radical (unpaired) electrons. The Morgan fingerprint density at radius 3 is 2.41 bits per heavy atom. The van der Waals surface area contributed by atoms with Crippen LogP contribution >= 0.6 is 0 Å². The summed E-state index contributed by atoms with van der Waals surface area (Å²) in [5, 5.41) is 8.21. The van der Waals surface area contributed by atoms with E-state index in [-0.39, 0.29) is 17.9 Å². The number of nitrogens with zero attached hydrogens (tertiary/aromatic N) is 3. The van der Waals surface area contributed by atoms with Crippen molar-refractivity contribution in [2.45, 2.75) is 57.7 Å². The van der Waals surface area contributed by atoms with Crippen molar-refractivity contribution in [3.05, 3.63) is 30.6 Å². The van der Waals surface area contributed by atoms with Gasteiger partial charge in [0.1, 0.15) is 6.04 Å². The number of amides is 2. The Hall–Kier alpha value is -2.38. The molecule has 1 aromatic heterocycles. The van der Waals surface area contributed by atoms with Gasteiger partial charge < -0.3 is 14.8 Å². The van der Waals surface area contributed by atoms with Crippen molar-refractivity contribution in [2.75, 3.05) is 37.6 Å². The first-order valence-electron chi connectivity index (χ1n) is 12.1. The number of hydrogen-bond donors (Lipinski definition) is 2. The molecule has 3 atom stereocenters. The number of carbonyl (C=O) groups excluding carboxylic acids is 2. The summed E-state index contributed by atoms with van der Waals surface area (Å²) in [5.41, 5.74) is 1.25. The summed E-state index contributed by atoms with van der Waals surface area (Å²) in [5.74, 6) is 0.451. The summed E-state index contributed by atoms with van der Waals surface area (Å²) in [7, 11) is 0. The highest BCUT2D eigenvalue weighted by Crippen LogP contribution is 2.31. The zero-order valence-electron chi connectivity index (χ0n) is 19.2. The largest absolute Gasteiger partial charge is 0.364 e. The van der Waals surface area contributed by atoms with Crippen molar-refractivity contribution in [3.8, 4) is 0 Å². The maximum atomic E-state index is 12.3. The molecule has 0 aliphatic carbocycles. The topological polar surface area (TPSA) is 69.6 Å². The molecule has 0 bridgehead atoms. The minimum atomic E-state index is -0.306. The normalized spacial score (nSPS) is 28.3. The van der Waals surface area contributed by atoms with Crippen molar-refractivity contribution in [1.82, 2.24) is 20.1 Å². The summed E-state index contributed by atoms with van der Waals surface area (Å²) in [6, 6.07) is 7.23. The van der Waals surface area contributed by atoms with Crippen LogP contribution in [-0.4, -0.2) is 66.1 Å². The zero-order valence-corrected chi connectivity index (χ0v) is 19.2. The van der Waals surface area contributed by atoms with Crippen LogP contribution in [0.3, 0.4) is 0 Å². The Labute approximate surface area is 190 Å². The smallest absolute Gasteiger partial charge is 0.249 e. The van der Waals surface area contributed by atoms with E-state index in [4.69, 9.17) is 0 Å². The van der Waals surface area contributed by atoms with E-state index in [1.807, 2.05) is 10.8 Å². The van der Waals surface area contributed by atoms with Gasteiger partial charge >= 0.3 is 0 Å². The van der Waals surface area contributed by atoms with Gasteiger partial charge in [0.15, 0.2) is 0 Å². The molecule has 3 aliphatic heterocycles. The highest BCUT2D eigenvalue weighted by atomic mass is 16.2. The Morgan fingerprint density at radius 1 is 0.969 bits per heavy atom. The quantitative estimate of drug-likeness (QED) is 0.720. The maximum Gasteiger partial charge on any atom is 0.249 e. The molecule has 0 saturated carbocycles. The molecule has 2 aromatic rings. The van der Waals surface area contributed by atoms with Crippen molar-refractivity contribution < 1.29 is 9.59 Å². The summed E-state index contributed by atoms with van der Waals surface area (Å²) < 4.78 is 1.97. The lowest BCUT2D eigenvalue weighted by Gasteiger charge is -2.47. The van der Waals surface area contributed by atoms with E-state index in [0.717, 1.165) is 42.9 Å². The molecule has 1 aromatic carbocycles. The highest BCUT2D eigenvalue weighted by Gasteiger charge is 2.31. The number of piperazine rings is 1. The first-order chi connectivity index (χ1) is 15.5. The SMILES string of the molecule is CC1CN(CC2CCNCC2)CC(C)N1c1ccc2cn(C3CCC(=O)NC3=O)cc2c1. The monoisotopic (exact) mass is 437 g/mol. The lowest BCUT2D eigenvalue weighted by Crippen LogP contribution is -2.57. The molecule has 2 amide bonds. The summed E-state index contributed by atoms with van der Waals surface area (Å²) in [6.45, 7) is 10.4. The van der Waals surface area contributed by atoms with E-state index in [1.165, 1.54) is 25.1 Å². The average Bonchev–Trinajstić information content (AvgIpc) is 3.17. The van der Waals surface area contributed by atoms with Gasteiger partial charge in [0.2, 0.25) is 11.8 Å². The van der Waals surface area contributed by atoms with E-state index in [1.54, 1.807) is 0 Å². The van der Waals surface area contributed by atoms with Gasteiger partial charge in [0.05, 0.1) is 0 Å². The molecular formula is C25H35N5O2. The van der Waals surface area contributed by atoms with E-state index in [2.05, 4.69) is 58.7 Å². The summed E-state index contributed by atoms with van der Waals surface area (Å²) >= 11 is 0. The molecule has 3 saturated heterocycles. The number of nitrogens with one attached hydrogen (secondary N) is 2. The van der Waals surface area contributed by atoms with Gasteiger partial charge in [0.25, 0.3) is 0 Å². The van der Waals surface area contributed by atoms with Gasteiger partial charge in [-0.3, -0.25) is 19.8 Å². The molecule has 32 heavy (non-hydrogen) atoms. The Balaban J connectivity index is 1.31. The number of benzene rings is 1. The van der Waals surface area contributed by atoms with Crippen LogP contribution in [0.15, 0.2) is 30.6 Å². The second-order valence-electron chi connectivity index (χ2n) is 10.0. The third-order valence-electron chi connectivity index (χ3n) is 7.48. The van der Waals surface area contributed by atoms with Crippen LogP contribution in [0.25, 0.3) is 10.8 Å². The fourth-order valence-corrected chi connectivity index (χ4v) is 5.98. The lowest BCUT2D eigenvalue weighted by atomic mass is 9.96. The van der Waals surface area contributed by atoms with Crippen LogP contribution < -0.4 is 15.5 Å². The van der Waals surface area contributed by atoms with E-state index < -0.39 is 0 Å². The fourth-order valence-electron chi connectivity index (χ4n) is 5.98. The molecule has 3 fully saturated rings. The van der Waals surface area contributed by atoms with E-state index in [0.29, 0.717) is 24.9 Å². The Bertz CT molecular complexity index is 983. The minimum Gasteiger partial charge on any atom is -0.364 e. The van der Waals surface area contributed by atoms with Gasteiger partial charge in [-0.05, 0) is 69.6 Å². The molecule has 172 valence electrons. The number of hydrogen-bond acceptors (Lipinski definition) is 5. The van der Waals surface area contributed by atoms with Gasteiger partial charge in [-0.25, -0.2) is 0 Å². The van der Waals surface area contributed by atoms with Gasteiger partial charge in [-0.15, -0.1) is 0 Å². The first-order valence-corrected chi connectivity index (χ1v) is 12.1. The average molecular weight is 438 g/mol. The fraction of sp³-hybridized carbons (Fsp3) is 0.600. The third kappa shape index (κ3) is 4.28. The molecular weight excluding hydrogens is 402 g/mol. The maximum absolute atomic E-state index is 12.3. The van der Waals surface area contributed by atoms with Crippen LogP contribution in [0.4, 0.5) is 5.69 Å². The molecule has 5 rings (SSSR count). The second-order valence-corrected chi connectivity index (χ2v) is 10.0. The number of carbonyl (C=O) groups is 2. The Morgan fingerprint density at radius 2 is 1.69 bits per heavy atom. The van der Waals surface area contributed by atoms with Gasteiger partial charge in [-0.2, -0.15) is 0 Å². The van der Waals surface area contributed by atoms with E-state index >= 15 is 0 Å². The van der Waals surface area contributed by atoms with Crippen molar-refractivity contribution in [3.63, 3.8) is 0 Å². The summed E-state index contributed by atoms with van der Waals surface area (Å²) in [4.78, 5) is 29.0. The highest BCUT2D eigenvalue weighted by molar-refractivity contribution is 5.99. The standard InChI is InChI=1S/C25H35N5O2/c1-17-12-28(14-19-7-9-26-10-8-19)13-18(2)30(17)22-4-3-20-15-29(16-21(20)11-22)23-5-6-24(31)27-25(23)32/h3-4,11,15-19,23,26H,5-10,12-14H2,1-2H3,(H,27,31,32). The number of piperidine rings is 2. The molecule has 7 heteroatoms. The van der Waals surface area contributed by atoms with Gasteiger partial charge in [0, 0.05) is 61.6 Å². The third-order valence-corrected chi connectivity index (χ3v) is 7.48. The molecule has 3 aliphatic rings. The summed E-state index contributed by atoms with van der Waals surface area (Å²) in [6.07, 6.45) is 7.64. The zero-order chi connectivity index (χ0) is 22.2. The predicted molar refractivity (Wildman–Crippen MR) is 127 cm³/mol. The van der Waals surface area contributed by atoms with Crippen LogP contribution in [0.2, 0.25) is 0 Å². The first kappa shape index (κ1) is 21.5. The predicted octanol–water partition coefficient (Wildman–Crippen LogP) is 2.52. The van der Waals surface area contributed by atoms with E-state index in [9.17, 15) is 9.59 Å². The number of aromatic nitrogens is 1. The van der Waals surface area contributed by atoms with Crippen LogP contribution in [0.1, 0.15) is 45.6 Å². The van der Waals surface area contributed by atoms with Crippen molar-refractivity contribution >= 4 is 28.3 Å². The second kappa shape index (κ2) is 8.87. The van der Waals surface area contributed by atoms with Crippen molar-refractivity contribution in [1.29, 1.82) is 0 Å². The van der Waals surface area contributed by atoms with Crippen molar-refractivity contribution in [2.24, 2.45) is 5.92 Å². The lowest BCUT2D eigenvalue weighted by molar-refractivity contribution is -0.135. The van der Waals surface area contributed by atoms with Crippen LogP contribution in [-0.2, 0) is 9.59 Å². The number of fused-ring (bicyclic) bond motifs is 1. The van der Waals surface area contributed by atoms with Gasteiger partial charge in [-0.1, -0.05) is 6.07 Å². The molecule has 2 N–H and O–H groups in total. The number of anilines is 1. The molecule has 0 spiro atoms. The molecule has 7 nitrogen and oxygen atoms in total. The van der Waals surface area contributed by atoms with Crippen LogP contribution in [0, 0.1) is 5.92 Å². The number of rotatable bonds is 4. The van der Waals surface area contributed by atoms with Crippen LogP contribution in [0.5, 0.6) is 0 Å². The Kier molecular flexibility index (Phi) is 5.95. The molecule has 4 heterocycles. The molecule has 3 unspecified atom stereocenters. The minimum absolute atomic E-state index is 0.174. The number of imide groups is 1.